The van der Waals surface area contributed by atoms with E-state index in [1.165, 1.54) is 12.4 Å². The van der Waals surface area contributed by atoms with Crippen LogP contribution >= 0.6 is 0 Å². The fourth-order valence-electron chi connectivity index (χ4n) is 2.20. The summed E-state index contributed by atoms with van der Waals surface area (Å²) < 4.78 is 33.9. The quantitative estimate of drug-likeness (QED) is 0.558. The Hall–Kier alpha value is -3.07. The van der Waals surface area contributed by atoms with Crippen molar-refractivity contribution in [3.63, 3.8) is 0 Å². The van der Waals surface area contributed by atoms with Crippen LogP contribution in [0.1, 0.15) is 0 Å². The maximum absolute atomic E-state index is 12.1. The van der Waals surface area contributed by atoms with Gasteiger partial charge in [-0.05, 0) is 12.1 Å². The van der Waals surface area contributed by atoms with Gasteiger partial charge in [0.25, 0.3) is 0 Å². The number of para-hydroxylation sites is 2. The Kier molecular flexibility index (Phi) is 2.95. The van der Waals surface area contributed by atoms with Crippen LogP contribution in [-0.2, 0) is 10.4 Å². The molecule has 4 aromatic rings. The summed E-state index contributed by atoms with van der Waals surface area (Å²) in [6.45, 7) is 0. The van der Waals surface area contributed by atoms with Gasteiger partial charge in [-0.1, -0.05) is 46.1 Å². The lowest BCUT2D eigenvalue weighted by Gasteiger charge is -2.07. The molecule has 0 saturated heterocycles. The third-order valence-corrected chi connectivity index (χ3v) is 3.86. The van der Waals surface area contributed by atoms with Gasteiger partial charge < -0.3 is 0 Å². The van der Waals surface area contributed by atoms with Crippen molar-refractivity contribution in [2.24, 2.45) is 0 Å². The smallest absolute Gasteiger partial charge is 0.237 e. The molecule has 0 amide bonds. The Balaban J connectivity index is 1.66. The van der Waals surface area contributed by atoms with E-state index in [1.807, 2.05) is 12.1 Å². The minimum atomic E-state index is -4.41. The number of fused-ring (bicyclic) bond motifs is 2. The molecule has 23 heavy (non-hydrogen) atoms. The van der Waals surface area contributed by atoms with Gasteiger partial charge in [0.15, 0.2) is 0 Å². The summed E-state index contributed by atoms with van der Waals surface area (Å²) in [5.41, 5.74) is 1.01. The van der Waals surface area contributed by atoms with Crippen LogP contribution in [0.2, 0.25) is 0 Å². The average molecular weight is 330 g/mol. The highest BCUT2D eigenvalue weighted by Gasteiger charge is 2.20. The summed E-state index contributed by atoms with van der Waals surface area (Å²) >= 11 is 0. The second-order valence-corrected chi connectivity index (χ2v) is 5.82. The zero-order chi connectivity index (χ0) is 15.9. The first-order chi connectivity index (χ1) is 11.1. The molecule has 9 heteroatoms. The Morgan fingerprint density at radius 2 is 1.17 bits per heavy atom. The van der Waals surface area contributed by atoms with E-state index in [2.05, 4.69) is 10.2 Å². The molecule has 0 N–H and O–H groups in total. The van der Waals surface area contributed by atoms with Gasteiger partial charge in [0, 0.05) is 10.8 Å². The molecule has 0 atom stereocenters. The second-order valence-electron chi connectivity index (χ2n) is 4.71. The lowest BCUT2D eigenvalue weighted by molar-refractivity contribution is 0.162. The molecule has 0 saturated carbocycles. The number of hydrogen-bond acceptors (Lipinski definition) is 6. The summed E-state index contributed by atoms with van der Waals surface area (Å²) in [4.78, 5) is 1.77. The predicted molar refractivity (Wildman–Crippen MR) is 81.5 cm³/mol. The van der Waals surface area contributed by atoms with E-state index in [4.69, 9.17) is 8.57 Å². The molecule has 8 nitrogen and oxygen atoms in total. The molecule has 116 valence electrons. The van der Waals surface area contributed by atoms with Crippen molar-refractivity contribution in [1.29, 1.82) is 0 Å². The van der Waals surface area contributed by atoms with Crippen molar-refractivity contribution in [1.82, 2.24) is 19.9 Å². The fraction of sp³-hybridized carbons (Fsp3) is 0. The third kappa shape index (κ3) is 2.46. The second kappa shape index (κ2) is 4.99. The van der Waals surface area contributed by atoms with Crippen LogP contribution < -0.4 is 8.57 Å². The van der Waals surface area contributed by atoms with Crippen molar-refractivity contribution in [2.75, 3.05) is 0 Å². The van der Waals surface area contributed by atoms with Crippen molar-refractivity contribution in [3.8, 4) is 0 Å². The predicted octanol–water partition coefficient (Wildman–Crippen LogP) is 1.19. The van der Waals surface area contributed by atoms with Gasteiger partial charge in [-0.25, -0.2) is 8.57 Å². The summed E-state index contributed by atoms with van der Waals surface area (Å²) in [6, 6.07) is 14.1. The van der Waals surface area contributed by atoms with Crippen molar-refractivity contribution in [2.45, 2.75) is 0 Å². The molecule has 0 fully saturated rings. The Morgan fingerprint density at radius 3 is 1.65 bits per heavy atom. The van der Waals surface area contributed by atoms with Gasteiger partial charge in [0.05, 0.1) is 12.4 Å². The van der Waals surface area contributed by atoms with Gasteiger partial charge in [-0.3, -0.25) is 0 Å². The molecule has 0 aliphatic rings. The number of rotatable bonds is 4. The SMILES string of the molecule is O=S(=O)(On1ncc2ccccc21)On1ncc2ccccc21. The highest BCUT2D eigenvalue weighted by molar-refractivity contribution is 7.82. The molecule has 0 radical (unpaired) electrons. The van der Waals surface area contributed by atoms with E-state index in [0.29, 0.717) is 11.0 Å². The Morgan fingerprint density at radius 1 is 0.739 bits per heavy atom. The monoisotopic (exact) mass is 330 g/mol. The number of hydrogen-bond donors (Lipinski definition) is 0. The van der Waals surface area contributed by atoms with Crippen LogP contribution in [-0.4, -0.2) is 28.3 Å². The lowest BCUT2D eigenvalue weighted by Crippen LogP contribution is -2.31. The minimum Gasteiger partial charge on any atom is -0.237 e. The number of nitrogens with zero attached hydrogens (tertiary/aromatic N) is 4. The van der Waals surface area contributed by atoms with Crippen LogP contribution in [0.5, 0.6) is 0 Å². The van der Waals surface area contributed by atoms with Gasteiger partial charge in [-0.15, -0.1) is 18.6 Å². The maximum Gasteiger partial charge on any atom is 0.542 e. The van der Waals surface area contributed by atoms with Crippen molar-refractivity contribution in [3.05, 3.63) is 60.9 Å². The minimum absolute atomic E-state index is 0.505. The molecule has 0 spiro atoms. The molecule has 2 aromatic heterocycles. The molecule has 2 heterocycles. The topological polar surface area (TPSA) is 88.2 Å². The van der Waals surface area contributed by atoms with Crippen molar-refractivity contribution < 1.29 is 17.0 Å². The normalized spacial score (nSPS) is 11.8. The first-order valence-corrected chi connectivity index (χ1v) is 7.96. The zero-order valence-electron chi connectivity index (χ0n) is 11.6. The Bertz CT molecular complexity index is 1020. The molecule has 2 aromatic carbocycles. The summed E-state index contributed by atoms with van der Waals surface area (Å²) in [6.07, 6.45) is 2.99. The maximum atomic E-state index is 12.1. The van der Waals surface area contributed by atoms with Crippen LogP contribution in [0.3, 0.4) is 0 Å². The largest absolute Gasteiger partial charge is 0.542 e. The van der Waals surface area contributed by atoms with E-state index in [0.717, 1.165) is 20.5 Å². The molecular formula is C14H10N4O4S. The fourth-order valence-corrected chi connectivity index (χ4v) is 2.81. The van der Waals surface area contributed by atoms with Gasteiger partial charge >= 0.3 is 10.4 Å². The van der Waals surface area contributed by atoms with Crippen molar-refractivity contribution >= 4 is 32.2 Å². The van der Waals surface area contributed by atoms with Crippen LogP contribution in [0.4, 0.5) is 0 Å². The molecule has 4 rings (SSSR count). The molecule has 0 bridgehead atoms. The van der Waals surface area contributed by atoms with E-state index in [1.54, 1.807) is 36.4 Å². The summed E-state index contributed by atoms with van der Waals surface area (Å²) in [5, 5.41) is 9.24. The van der Waals surface area contributed by atoms with Gasteiger partial charge in [0.2, 0.25) is 0 Å². The van der Waals surface area contributed by atoms with Gasteiger partial charge in [0.1, 0.15) is 11.0 Å². The first-order valence-electron chi connectivity index (χ1n) is 6.63. The Labute approximate surface area is 130 Å². The van der Waals surface area contributed by atoms with Crippen LogP contribution in [0.15, 0.2) is 60.9 Å². The standard InChI is InChI=1S/C14H10N4O4S/c19-23(20,21-17-13-7-3-1-5-11(13)9-15-17)22-18-14-8-4-2-6-12(14)10-16-18/h1-10H. The van der Waals surface area contributed by atoms with E-state index in [9.17, 15) is 8.42 Å². The summed E-state index contributed by atoms with van der Waals surface area (Å²) in [7, 11) is -4.41. The third-order valence-electron chi connectivity index (χ3n) is 3.21. The highest BCUT2D eigenvalue weighted by atomic mass is 32.3. The molecule has 0 aliphatic carbocycles. The average Bonchev–Trinajstić information content (AvgIpc) is 3.12. The van der Waals surface area contributed by atoms with E-state index >= 15 is 0 Å². The molecular weight excluding hydrogens is 320 g/mol. The molecule has 0 unspecified atom stereocenters. The summed E-state index contributed by atoms with van der Waals surface area (Å²) in [5.74, 6) is 0. The van der Waals surface area contributed by atoms with Crippen LogP contribution in [0, 0.1) is 0 Å². The molecule has 0 aliphatic heterocycles. The highest BCUT2D eigenvalue weighted by Crippen LogP contribution is 2.13. The number of benzene rings is 2. The van der Waals surface area contributed by atoms with Gasteiger partial charge in [-0.2, -0.15) is 0 Å². The first kappa shape index (κ1) is 13.6. The number of aromatic nitrogens is 4. The zero-order valence-corrected chi connectivity index (χ0v) is 12.4. The van der Waals surface area contributed by atoms with Crippen LogP contribution in [0.25, 0.3) is 21.8 Å². The lowest BCUT2D eigenvalue weighted by atomic mass is 10.3. The van der Waals surface area contributed by atoms with E-state index in [-0.39, 0.29) is 0 Å². The van der Waals surface area contributed by atoms with E-state index < -0.39 is 10.4 Å².